The van der Waals surface area contributed by atoms with Crippen LogP contribution in [0.1, 0.15) is 31.0 Å². The second-order valence-corrected chi connectivity index (χ2v) is 6.69. The van der Waals surface area contributed by atoms with E-state index in [1.54, 1.807) is 0 Å². The van der Waals surface area contributed by atoms with Crippen molar-refractivity contribution in [3.05, 3.63) is 70.3 Å². The van der Waals surface area contributed by atoms with Crippen molar-refractivity contribution < 1.29 is 0 Å². The molecule has 0 aliphatic heterocycles. The average molecular weight is 369 g/mol. The van der Waals surface area contributed by atoms with Crippen molar-refractivity contribution in [3.8, 4) is 16.9 Å². The maximum Gasteiger partial charge on any atom is 0.0962 e. The summed E-state index contributed by atoms with van der Waals surface area (Å²) in [5, 5.41) is 4.93. The molecule has 118 valence electrons. The summed E-state index contributed by atoms with van der Waals surface area (Å²) < 4.78 is 3.16. The lowest BCUT2D eigenvalue weighted by Gasteiger charge is -2.05. The second kappa shape index (κ2) is 7.14. The Hall–Kier alpha value is -1.87. The van der Waals surface area contributed by atoms with Crippen molar-refractivity contribution in [1.82, 2.24) is 9.78 Å². The molecule has 0 N–H and O–H groups in total. The SMILES string of the molecule is CCCCc1c(-c2ccc(Br)cc2)nn(-c2ccccc2)c1C. The minimum absolute atomic E-state index is 1.07. The Morgan fingerprint density at radius 3 is 2.35 bits per heavy atom. The van der Waals surface area contributed by atoms with Gasteiger partial charge >= 0.3 is 0 Å². The third-order valence-electron chi connectivity index (χ3n) is 4.14. The first kappa shape index (κ1) is 16.0. The summed E-state index contributed by atoms with van der Waals surface area (Å²) in [6.07, 6.45) is 3.45. The summed E-state index contributed by atoms with van der Waals surface area (Å²) in [5.74, 6) is 0. The summed E-state index contributed by atoms with van der Waals surface area (Å²) in [6.45, 7) is 4.41. The summed E-state index contributed by atoms with van der Waals surface area (Å²) in [5.41, 5.74) is 6.00. The van der Waals surface area contributed by atoms with E-state index in [9.17, 15) is 0 Å². The number of halogens is 1. The second-order valence-electron chi connectivity index (χ2n) is 5.77. The van der Waals surface area contributed by atoms with Gasteiger partial charge in [0.25, 0.3) is 0 Å². The van der Waals surface area contributed by atoms with Gasteiger partial charge in [-0.3, -0.25) is 0 Å². The van der Waals surface area contributed by atoms with Gasteiger partial charge in [0.15, 0.2) is 0 Å². The van der Waals surface area contributed by atoms with Gasteiger partial charge in [-0.05, 0) is 44.0 Å². The van der Waals surface area contributed by atoms with Crippen LogP contribution in [-0.2, 0) is 6.42 Å². The molecule has 2 nitrogen and oxygen atoms in total. The van der Waals surface area contributed by atoms with Crippen LogP contribution in [0.15, 0.2) is 59.1 Å². The van der Waals surface area contributed by atoms with E-state index < -0.39 is 0 Å². The monoisotopic (exact) mass is 368 g/mol. The first-order chi connectivity index (χ1) is 11.2. The summed E-state index contributed by atoms with van der Waals surface area (Å²) in [4.78, 5) is 0. The summed E-state index contributed by atoms with van der Waals surface area (Å²) in [7, 11) is 0. The molecule has 0 amide bonds. The molecular formula is C20H21BrN2. The predicted octanol–water partition coefficient (Wildman–Crippen LogP) is 5.95. The number of rotatable bonds is 5. The van der Waals surface area contributed by atoms with Gasteiger partial charge in [0, 0.05) is 21.3 Å². The molecule has 0 aliphatic carbocycles. The van der Waals surface area contributed by atoms with Crippen LogP contribution >= 0.6 is 15.9 Å². The number of benzene rings is 2. The van der Waals surface area contributed by atoms with Crippen LogP contribution in [0, 0.1) is 6.92 Å². The lowest BCUT2D eigenvalue weighted by atomic mass is 10.0. The quantitative estimate of drug-likeness (QED) is 0.543. The molecule has 0 spiro atoms. The van der Waals surface area contributed by atoms with Crippen LogP contribution in [-0.4, -0.2) is 9.78 Å². The van der Waals surface area contributed by atoms with E-state index in [-0.39, 0.29) is 0 Å². The van der Waals surface area contributed by atoms with Crippen molar-refractivity contribution in [3.63, 3.8) is 0 Å². The number of nitrogens with zero attached hydrogens (tertiary/aromatic N) is 2. The zero-order valence-corrected chi connectivity index (χ0v) is 15.2. The number of hydrogen-bond acceptors (Lipinski definition) is 1. The van der Waals surface area contributed by atoms with E-state index in [4.69, 9.17) is 5.10 Å². The van der Waals surface area contributed by atoms with E-state index in [1.807, 2.05) is 6.07 Å². The third kappa shape index (κ3) is 3.40. The van der Waals surface area contributed by atoms with Crippen LogP contribution in [0.2, 0.25) is 0 Å². The Morgan fingerprint density at radius 1 is 1.00 bits per heavy atom. The number of unbranched alkanes of at least 4 members (excludes halogenated alkanes) is 1. The molecule has 3 heteroatoms. The molecule has 0 aliphatic rings. The molecule has 1 aromatic heterocycles. The third-order valence-corrected chi connectivity index (χ3v) is 4.67. The minimum Gasteiger partial charge on any atom is -0.237 e. The Morgan fingerprint density at radius 2 is 1.70 bits per heavy atom. The van der Waals surface area contributed by atoms with E-state index in [0.717, 1.165) is 22.3 Å². The van der Waals surface area contributed by atoms with Gasteiger partial charge in [-0.1, -0.05) is 59.6 Å². The van der Waals surface area contributed by atoms with Crippen molar-refractivity contribution >= 4 is 15.9 Å². The first-order valence-electron chi connectivity index (χ1n) is 8.10. The van der Waals surface area contributed by atoms with Gasteiger partial charge in [-0.15, -0.1) is 0 Å². The molecule has 3 aromatic rings. The molecule has 1 heterocycles. The lowest BCUT2D eigenvalue weighted by molar-refractivity contribution is 0.786. The number of para-hydroxylation sites is 1. The zero-order chi connectivity index (χ0) is 16.2. The molecule has 0 unspecified atom stereocenters. The van der Waals surface area contributed by atoms with Crippen LogP contribution < -0.4 is 0 Å². The fourth-order valence-corrected chi connectivity index (χ4v) is 3.11. The van der Waals surface area contributed by atoms with Gasteiger partial charge in [-0.25, -0.2) is 4.68 Å². The molecule has 0 radical (unpaired) electrons. The van der Waals surface area contributed by atoms with Crippen LogP contribution in [0.4, 0.5) is 0 Å². The van der Waals surface area contributed by atoms with Gasteiger partial charge in [0.05, 0.1) is 11.4 Å². The number of aromatic nitrogens is 2. The molecule has 0 bridgehead atoms. The maximum atomic E-state index is 4.93. The van der Waals surface area contributed by atoms with Gasteiger partial charge in [0.1, 0.15) is 0 Å². The molecule has 0 saturated heterocycles. The van der Waals surface area contributed by atoms with Gasteiger partial charge in [0.2, 0.25) is 0 Å². The van der Waals surface area contributed by atoms with Crippen molar-refractivity contribution in [2.45, 2.75) is 33.1 Å². The highest BCUT2D eigenvalue weighted by atomic mass is 79.9. The van der Waals surface area contributed by atoms with E-state index in [2.05, 4.69) is 83.0 Å². The van der Waals surface area contributed by atoms with Crippen molar-refractivity contribution in [1.29, 1.82) is 0 Å². The van der Waals surface area contributed by atoms with Crippen LogP contribution in [0.5, 0.6) is 0 Å². The topological polar surface area (TPSA) is 17.8 Å². The summed E-state index contributed by atoms with van der Waals surface area (Å²) >= 11 is 3.51. The number of hydrogen-bond donors (Lipinski definition) is 0. The first-order valence-corrected chi connectivity index (χ1v) is 8.90. The fraction of sp³-hybridized carbons (Fsp3) is 0.250. The van der Waals surface area contributed by atoms with Gasteiger partial charge < -0.3 is 0 Å². The zero-order valence-electron chi connectivity index (χ0n) is 13.6. The highest BCUT2D eigenvalue weighted by molar-refractivity contribution is 9.10. The molecule has 23 heavy (non-hydrogen) atoms. The average Bonchev–Trinajstić information content (AvgIpc) is 2.91. The maximum absolute atomic E-state index is 4.93. The van der Waals surface area contributed by atoms with E-state index in [1.165, 1.54) is 29.7 Å². The highest BCUT2D eigenvalue weighted by Gasteiger charge is 2.16. The van der Waals surface area contributed by atoms with E-state index >= 15 is 0 Å². The highest BCUT2D eigenvalue weighted by Crippen LogP contribution is 2.29. The molecule has 2 aromatic carbocycles. The van der Waals surface area contributed by atoms with Gasteiger partial charge in [-0.2, -0.15) is 5.10 Å². The van der Waals surface area contributed by atoms with Crippen molar-refractivity contribution in [2.24, 2.45) is 0 Å². The molecule has 0 fully saturated rings. The Labute approximate surface area is 146 Å². The molecule has 3 rings (SSSR count). The van der Waals surface area contributed by atoms with E-state index in [0.29, 0.717) is 0 Å². The minimum atomic E-state index is 1.07. The largest absolute Gasteiger partial charge is 0.237 e. The standard InChI is InChI=1S/C20H21BrN2/c1-3-4-10-19-15(2)23(18-8-6-5-7-9-18)22-20(19)16-11-13-17(21)14-12-16/h5-9,11-14H,3-4,10H2,1-2H3. The Kier molecular flexibility index (Phi) is 4.97. The van der Waals surface area contributed by atoms with Crippen LogP contribution in [0.25, 0.3) is 16.9 Å². The molecule has 0 saturated carbocycles. The lowest BCUT2D eigenvalue weighted by Crippen LogP contribution is -1.99. The Bertz CT molecular complexity index is 773. The Balaban J connectivity index is 2.12. The predicted molar refractivity (Wildman–Crippen MR) is 100 cm³/mol. The smallest absolute Gasteiger partial charge is 0.0962 e. The molecule has 0 atom stereocenters. The fourth-order valence-electron chi connectivity index (χ4n) is 2.85. The molecular weight excluding hydrogens is 348 g/mol. The van der Waals surface area contributed by atoms with Crippen LogP contribution in [0.3, 0.4) is 0 Å². The normalized spacial score (nSPS) is 10.9. The van der Waals surface area contributed by atoms with Crippen molar-refractivity contribution in [2.75, 3.05) is 0 Å². The summed E-state index contributed by atoms with van der Waals surface area (Å²) in [6, 6.07) is 18.8.